The third-order valence-corrected chi connectivity index (χ3v) is 4.81. The summed E-state index contributed by atoms with van der Waals surface area (Å²) >= 11 is 0. The minimum absolute atomic E-state index is 0.123. The van der Waals surface area contributed by atoms with Gasteiger partial charge in [0.1, 0.15) is 25.1 Å². The van der Waals surface area contributed by atoms with Crippen molar-refractivity contribution in [1.82, 2.24) is 5.06 Å². The second kappa shape index (κ2) is 9.99. The maximum absolute atomic E-state index is 12.8. The van der Waals surface area contributed by atoms with Crippen molar-refractivity contribution < 1.29 is 33.3 Å². The van der Waals surface area contributed by atoms with Crippen LogP contribution < -0.4 is 0 Å². The topological polar surface area (TPSA) is 124 Å². The molecule has 0 radical (unpaired) electrons. The van der Waals surface area contributed by atoms with E-state index in [9.17, 15) is 4.79 Å². The van der Waals surface area contributed by atoms with Gasteiger partial charge in [-0.15, -0.1) is 0 Å². The number of likely N-dealkylation sites (N-methyl/N-ethyl adjacent to an activating group) is 1. The largest absolute Gasteiger partial charge is 0.359 e. The molecule has 3 rings (SSSR count). The summed E-state index contributed by atoms with van der Waals surface area (Å²) in [6.45, 7) is 0.0289. The van der Waals surface area contributed by atoms with Crippen LogP contribution in [0.5, 0.6) is 0 Å². The highest BCUT2D eigenvalue weighted by atomic mass is 16.7. The van der Waals surface area contributed by atoms with Crippen LogP contribution in [-0.4, -0.2) is 76.1 Å². The summed E-state index contributed by atoms with van der Waals surface area (Å²) in [5.74, 6) is -0.490. The molecule has 0 N–H and O–H groups in total. The van der Waals surface area contributed by atoms with E-state index in [4.69, 9.17) is 34.1 Å². The van der Waals surface area contributed by atoms with E-state index in [1.165, 1.54) is 21.3 Å². The molecular weight excluding hydrogens is 384 g/mol. The van der Waals surface area contributed by atoms with Crippen molar-refractivity contribution in [2.24, 2.45) is 5.11 Å². The number of hydrogen-bond donors (Lipinski definition) is 0. The first-order chi connectivity index (χ1) is 14.1. The molecule has 2 heterocycles. The van der Waals surface area contributed by atoms with Gasteiger partial charge in [0.2, 0.25) is 0 Å². The molecule has 1 amide bonds. The molecule has 158 valence electrons. The summed E-state index contributed by atoms with van der Waals surface area (Å²) in [6.07, 6.45) is -4.00. The van der Waals surface area contributed by atoms with E-state index in [1.807, 2.05) is 30.3 Å². The molecule has 1 aromatic carbocycles. The first kappa shape index (κ1) is 21.5. The number of nitrogens with zero attached hydrogens (tertiary/aromatic N) is 4. The molecule has 0 aromatic heterocycles. The molecule has 1 aromatic rings. The normalized spacial score (nSPS) is 31.4. The number of carbonyl (C=O) groups is 1. The van der Waals surface area contributed by atoms with Gasteiger partial charge in [0.25, 0.3) is 5.91 Å². The van der Waals surface area contributed by atoms with Crippen molar-refractivity contribution in [3.8, 4) is 0 Å². The van der Waals surface area contributed by atoms with Crippen molar-refractivity contribution in [1.29, 1.82) is 0 Å². The highest BCUT2D eigenvalue weighted by Gasteiger charge is 2.53. The highest BCUT2D eigenvalue weighted by Crippen LogP contribution is 2.36. The fourth-order valence-corrected chi connectivity index (χ4v) is 3.37. The quantitative estimate of drug-likeness (QED) is 0.220. The van der Waals surface area contributed by atoms with E-state index in [1.54, 1.807) is 0 Å². The predicted octanol–water partition coefficient (Wildman–Crippen LogP) is 1.56. The Morgan fingerprint density at radius 1 is 1.31 bits per heavy atom. The standard InChI is InChI=1S/C18H24N4O7/c1-22(25-3)17(23)16-15(27-10-24-2)13(20-21-19)14-12(28-16)9-26-18(29-14)11-7-5-4-6-8-11/h4-8,12-16,18H,9-10H2,1-3H3/t12-,13+,14+,15-,16-,18+/m1/s1. The van der Waals surface area contributed by atoms with Gasteiger partial charge in [0.15, 0.2) is 12.4 Å². The smallest absolute Gasteiger partial charge is 0.277 e. The first-order valence-electron chi connectivity index (χ1n) is 9.04. The van der Waals surface area contributed by atoms with Gasteiger partial charge in [-0.3, -0.25) is 9.63 Å². The summed E-state index contributed by atoms with van der Waals surface area (Å²) in [7, 11) is 4.26. The molecule has 29 heavy (non-hydrogen) atoms. The van der Waals surface area contributed by atoms with Crippen LogP contribution in [0.4, 0.5) is 0 Å². The zero-order valence-corrected chi connectivity index (χ0v) is 16.4. The van der Waals surface area contributed by atoms with E-state index in [0.717, 1.165) is 10.6 Å². The van der Waals surface area contributed by atoms with Gasteiger partial charge >= 0.3 is 0 Å². The summed E-state index contributed by atoms with van der Waals surface area (Å²) < 4.78 is 28.5. The average Bonchev–Trinajstić information content (AvgIpc) is 2.77. The van der Waals surface area contributed by atoms with Gasteiger partial charge in [-0.05, 0) is 5.53 Å². The van der Waals surface area contributed by atoms with Crippen molar-refractivity contribution in [2.45, 2.75) is 36.7 Å². The molecule has 2 saturated heterocycles. The molecule has 0 unspecified atom stereocenters. The van der Waals surface area contributed by atoms with Gasteiger partial charge in [-0.2, -0.15) is 0 Å². The lowest BCUT2D eigenvalue weighted by atomic mass is 9.91. The van der Waals surface area contributed by atoms with Crippen LogP contribution in [0.3, 0.4) is 0 Å². The number of carbonyl (C=O) groups excluding carboxylic acids is 1. The maximum atomic E-state index is 12.8. The Labute approximate surface area is 167 Å². The van der Waals surface area contributed by atoms with Crippen LogP contribution in [0.2, 0.25) is 0 Å². The van der Waals surface area contributed by atoms with E-state index < -0.39 is 42.7 Å². The molecule has 0 saturated carbocycles. The lowest BCUT2D eigenvalue weighted by Crippen LogP contribution is -2.64. The summed E-state index contributed by atoms with van der Waals surface area (Å²) in [5.41, 5.74) is 9.96. The van der Waals surface area contributed by atoms with Crippen LogP contribution in [0.25, 0.3) is 10.4 Å². The van der Waals surface area contributed by atoms with Gasteiger partial charge in [-0.1, -0.05) is 35.4 Å². The minimum Gasteiger partial charge on any atom is -0.359 e. The Hall–Kier alpha value is -2.24. The third kappa shape index (κ3) is 4.68. The zero-order chi connectivity index (χ0) is 20.8. The number of fused-ring (bicyclic) bond motifs is 1. The average molecular weight is 408 g/mol. The lowest BCUT2D eigenvalue weighted by molar-refractivity contribution is -0.313. The first-order valence-corrected chi connectivity index (χ1v) is 9.04. The molecule has 2 aliphatic heterocycles. The molecular formula is C18H24N4O7. The highest BCUT2D eigenvalue weighted by molar-refractivity contribution is 5.80. The summed E-state index contributed by atoms with van der Waals surface area (Å²) in [6, 6.07) is 8.53. The molecule has 0 bridgehead atoms. The molecule has 2 fully saturated rings. The number of hydrogen-bond acceptors (Lipinski definition) is 8. The van der Waals surface area contributed by atoms with Crippen molar-refractivity contribution >= 4 is 5.91 Å². The second-order valence-electron chi connectivity index (χ2n) is 6.52. The van der Waals surface area contributed by atoms with Gasteiger partial charge in [0.05, 0.1) is 19.8 Å². The monoisotopic (exact) mass is 408 g/mol. The number of ether oxygens (including phenoxy) is 5. The number of rotatable bonds is 7. The van der Waals surface area contributed by atoms with Crippen molar-refractivity contribution in [3.63, 3.8) is 0 Å². The molecule has 0 spiro atoms. The van der Waals surface area contributed by atoms with E-state index in [2.05, 4.69) is 10.0 Å². The van der Waals surface area contributed by atoms with Crippen LogP contribution in [0, 0.1) is 0 Å². The zero-order valence-electron chi connectivity index (χ0n) is 16.4. The van der Waals surface area contributed by atoms with Crippen LogP contribution in [0.15, 0.2) is 35.4 Å². The number of amides is 1. The number of benzene rings is 1. The minimum atomic E-state index is -1.09. The molecule has 11 nitrogen and oxygen atoms in total. The van der Waals surface area contributed by atoms with Gasteiger partial charge in [0, 0.05) is 24.6 Å². The Balaban J connectivity index is 1.88. The van der Waals surface area contributed by atoms with E-state index in [-0.39, 0.29) is 13.4 Å². The number of methoxy groups -OCH3 is 1. The van der Waals surface area contributed by atoms with Crippen LogP contribution >= 0.6 is 0 Å². The van der Waals surface area contributed by atoms with Crippen molar-refractivity contribution in [3.05, 3.63) is 46.3 Å². The number of azide groups is 1. The molecule has 2 aliphatic rings. The third-order valence-electron chi connectivity index (χ3n) is 4.81. The van der Waals surface area contributed by atoms with Crippen LogP contribution in [0.1, 0.15) is 11.9 Å². The fourth-order valence-electron chi connectivity index (χ4n) is 3.37. The predicted molar refractivity (Wildman–Crippen MR) is 98.1 cm³/mol. The number of hydroxylamine groups is 2. The van der Waals surface area contributed by atoms with E-state index >= 15 is 0 Å². The van der Waals surface area contributed by atoms with Crippen LogP contribution in [-0.2, 0) is 33.3 Å². The Bertz CT molecular complexity index is 730. The Morgan fingerprint density at radius 2 is 2.07 bits per heavy atom. The SMILES string of the molecule is COCO[C@@H]1[C@@H](N=[N+]=[N-])[C@H]2O[C@@H](c3ccccc3)OC[C@H]2O[C@H]1C(=O)N(C)OC. The summed E-state index contributed by atoms with van der Waals surface area (Å²) in [4.78, 5) is 20.7. The summed E-state index contributed by atoms with van der Waals surface area (Å²) in [5, 5.41) is 4.90. The van der Waals surface area contributed by atoms with Crippen molar-refractivity contribution in [2.75, 3.05) is 34.7 Å². The Kier molecular flexibility index (Phi) is 7.40. The maximum Gasteiger partial charge on any atom is 0.277 e. The molecule has 11 heteroatoms. The molecule has 6 atom stereocenters. The van der Waals surface area contributed by atoms with E-state index in [0.29, 0.717) is 0 Å². The van der Waals surface area contributed by atoms with Gasteiger partial charge < -0.3 is 23.7 Å². The molecule has 0 aliphatic carbocycles. The Morgan fingerprint density at radius 3 is 2.72 bits per heavy atom. The van der Waals surface area contributed by atoms with Gasteiger partial charge in [-0.25, -0.2) is 5.06 Å². The second-order valence-corrected chi connectivity index (χ2v) is 6.52. The lowest BCUT2D eigenvalue weighted by Gasteiger charge is -2.47. The fraction of sp³-hybridized carbons (Fsp3) is 0.611.